The fraction of sp³-hybridized carbons (Fsp3) is 0.667. The molecular formula is C3H8NO3P. The van der Waals surface area contributed by atoms with E-state index in [1.54, 1.807) is 0 Å². The number of carbonyl (C=O) groups excluding carboxylic acids is 1. The number of carbonyl (C=O) groups is 1. The summed E-state index contributed by atoms with van der Waals surface area (Å²) in [4.78, 5) is 9.84. The van der Waals surface area contributed by atoms with Crippen molar-refractivity contribution in [3.63, 3.8) is 0 Å². The Hall–Kier alpha value is -0.500. The monoisotopic (exact) mass is 137 g/mol. The van der Waals surface area contributed by atoms with Gasteiger partial charge in [0.05, 0.1) is 0 Å². The smallest absolute Gasteiger partial charge is 0.405 e. The highest BCUT2D eigenvalue weighted by Crippen LogP contribution is 2.04. The Morgan fingerprint density at radius 2 is 2.38 bits per heavy atom. The topological polar surface area (TPSA) is 69.4 Å². The summed E-state index contributed by atoms with van der Waals surface area (Å²) in [6.07, 6.45) is -0.874. The van der Waals surface area contributed by atoms with Crippen LogP contribution in [-0.4, -0.2) is 11.9 Å². The highest BCUT2D eigenvalue weighted by Gasteiger charge is 1.99. The van der Waals surface area contributed by atoms with Crippen LogP contribution < -0.4 is 5.73 Å². The van der Waals surface area contributed by atoms with E-state index in [1.165, 1.54) is 6.92 Å². The van der Waals surface area contributed by atoms with Crippen LogP contribution in [0.15, 0.2) is 0 Å². The average Bonchev–Trinajstić information content (AvgIpc) is 1.65. The molecule has 0 saturated carbocycles. The molecular weight excluding hydrogens is 129 g/mol. The van der Waals surface area contributed by atoms with Crippen molar-refractivity contribution in [2.75, 3.05) is 0 Å². The predicted octanol–water partition coefficient (Wildman–Crippen LogP) is 0.184. The molecule has 0 heterocycles. The van der Waals surface area contributed by atoms with E-state index in [0.717, 1.165) is 0 Å². The lowest BCUT2D eigenvalue weighted by molar-refractivity contribution is 0.149. The lowest BCUT2D eigenvalue weighted by Gasteiger charge is -2.00. The summed E-state index contributed by atoms with van der Waals surface area (Å²) >= 11 is 0. The van der Waals surface area contributed by atoms with Gasteiger partial charge in [0.15, 0.2) is 0 Å². The molecule has 8 heavy (non-hydrogen) atoms. The maximum absolute atomic E-state index is 9.92. The van der Waals surface area contributed by atoms with E-state index < -0.39 is 20.4 Å². The lowest BCUT2D eigenvalue weighted by atomic mass is 10.8. The number of nitrogens with two attached hydrogens (primary N) is 1. The van der Waals surface area contributed by atoms with Crippen molar-refractivity contribution in [3.05, 3.63) is 0 Å². The molecule has 0 saturated heterocycles. The first-order chi connectivity index (χ1) is 3.66. The van der Waals surface area contributed by atoms with Gasteiger partial charge >= 0.3 is 6.09 Å². The van der Waals surface area contributed by atoms with Crippen molar-refractivity contribution in [1.82, 2.24) is 0 Å². The van der Waals surface area contributed by atoms with Gasteiger partial charge in [0.2, 0.25) is 0 Å². The van der Waals surface area contributed by atoms with E-state index >= 15 is 0 Å². The van der Waals surface area contributed by atoms with Gasteiger partial charge in [-0.3, -0.25) is 0 Å². The van der Waals surface area contributed by atoms with E-state index in [1.807, 2.05) is 0 Å². The Morgan fingerprint density at radius 1 is 1.88 bits per heavy atom. The molecule has 4 nitrogen and oxygen atoms in total. The maximum Gasteiger partial charge on any atom is 0.405 e. The highest BCUT2D eigenvalue weighted by atomic mass is 31.1. The zero-order valence-electron chi connectivity index (χ0n) is 4.46. The number of hydrogen-bond acceptors (Lipinski definition) is 3. The molecule has 0 radical (unpaired) electrons. The number of ether oxygens (including phenoxy) is 1. The molecule has 0 aliphatic carbocycles. The Labute approximate surface area is 48.2 Å². The summed E-state index contributed by atoms with van der Waals surface area (Å²) in [6, 6.07) is 0. The SMILES string of the molecule is CC(OC(N)=O)[PH2]=O. The molecule has 2 atom stereocenters. The summed E-state index contributed by atoms with van der Waals surface area (Å²) < 4.78 is 14.2. The Bertz CT molecular complexity index is 105. The van der Waals surface area contributed by atoms with E-state index in [4.69, 9.17) is 0 Å². The van der Waals surface area contributed by atoms with Crippen LogP contribution in [0.3, 0.4) is 0 Å². The van der Waals surface area contributed by atoms with Gasteiger partial charge in [0, 0.05) is 0 Å². The third-order valence-corrected chi connectivity index (χ3v) is 1.01. The largest absolute Gasteiger partial charge is 0.439 e. The van der Waals surface area contributed by atoms with E-state index in [9.17, 15) is 9.36 Å². The van der Waals surface area contributed by atoms with E-state index in [2.05, 4.69) is 10.5 Å². The number of primary amides is 1. The summed E-state index contributed by atoms with van der Waals surface area (Å²) in [5.74, 6) is -0.521. The maximum atomic E-state index is 9.92. The van der Waals surface area contributed by atoms with Gasteiger partial charge in [-0.05, 0) is 6.92 Å². The molecule has 0 aromatic carbocycles. The van der Waals surface area contributed by atoms with Crippen molar-refractivity contribution in [3.8, 4) is 0 Å². The lowest BCUT2D eigenvalue weighted by Crippen LogP contribution is -2.16. The van der Waals surface area contributed by atoms with Gasteiger partial charge in [0.1, 0.15) is 14.3 Å². The van der Waals surface area contributed by atoms with Crippen molar-refractivity contribution >= 4 is 14.6 Å². The normalized spacial score (nSPS) is 14.1. The fourth-order valence-corrected chi connectivity index (χ4v) is 0.401. The van der Waals surface area contributed by atoms with Crippen LogP contribution in [0.2, 0.25) is 0 Å². The standard InChI is InChI=1S/C3H8NO3P/c1-2(8-6)7-3(4)5/h2H,8H2,1H3,(H2,4,5). The molecule has 2 unspecified atom stereocenters. The minimum absolute atomic E-state index is 0.521. The molecule has 0 spiro atoms. The van der Waals surface area contributed by atoms with Crippen LogP contribution in [0.1, 0.15) is 6.92 Å². The van der Waals surface area contributed by atoms with Gasteiger partial charge in [-0.25, -0.2) is 4.79 Å². The van der Waals surface area contributed by atoms with E-state index in [-0.39, 0.29) is 0 Å². The number of hydrogen-bond donors (Lipinski definition) is 1. The van der Waals surface area contributed by atoms with Crippen LogP contribution in [0, 0.1) is 0 Å². The van der Waals surface area contributed by atoms with E-state index in [0.29, 0.717) is 0 Å². The van der Waals surface area contributed by atoms with Crippen LogP contribution >= 0.6 is 8.46 Å². The summed E-state index contributed by atoms with van der Waals surface area (Å²) in [5.41, 5.74) is 4.58. The van der Waals surface area contributed by atoms with Crippen LogP contribution in [-0.2, 0) is 9.30 Å². The molecule has 48 valence electrons. The third-order valence-electron chi connectivity index (χ3n) is 0.494. The van der Waals surface area contributed by atoms with Gasteiger partial charge in [-0.15, -0.1) is 0 Å². The zero-order valence-corrected chi connectivity index (χ0v) is 5.61. The number of rotatable bonds is 2. The highest BCUT2D eigenvalue weighted by molar-refractivity contribution is 7.24. The quantitative estimate of drug-likeness (QED) is 0.552. The van der Waals surface area contributed by atoms with Gasteiger partial charge in [-0.2, -0.15) is 0 Å². The Balaban J connectivity index is 3.38. The summed E-state index contributed by atoms with van der Waals surface area (Å²) in [7, 11) is -1.06. The molecule has 0 rings (SSSR count). The zero-order chi connectivity index (χ0) is 6.57. The van der Waals surface area contributed by atoms with Gasteiger partial charge in [0.25, 0.3) is 0 Å². The van der Waals surface area contributed by atoms with Crippen LogP contribution in [0.4, 0.5) is 4.79 Å². The van der Waals surface area contributed by atoms with Gasteiger partial charge < -0.3 is 15.0 Å². The summed E-state index contributed by atoms with van der Waals surface area (Å²) in [6.45, 7) is 1.52. The van der Waals surface area contributed by atoms with Crippen LogP contribution in [0.25, 0.3) is 0 Å². The molecule has 0 aromatic rings. The Kier molecular flexibility index (Phi) is 3.28. The van der Waals surface area contributed by atoms with Crippen LogP contribution in [0.5, 0.6) is 0 Å². The molecule has 0 aliphatic rings. The van der Waals surface area contributed by atoms with Crippen molar-refractivity contribution in [2.45, 2.75) is 12.8 Å². The fourth-order valence-electron chi connectivity index (χ4n) is 0.211. The van der Waals surface area contributed by atoms with Gasteiger partial charge in [-0.1, -0.05) is 0 Å². The minimum atomic E-state index is -1.06. The molecule has 0 bridgehead atoms. The minimum Gasteiger partial charge on any atom is -0.439 e. The first kappa shape index (κ1) is 7.50. The van der Waals surface area contributed by atoms with Crippen molar-refractivity contribution < 1.29 is 14.1 Å². The molecule has 2 N–H and O–H groups in total. The second kappa shape index (κ2) is 3.50. The number of amides is 1. The summed E-state index contributed by atoms with van der Waals surface area (Å²) in [5, 5.41) is 0. The predicted molar refractivity (Wildman–Crippen MR) is 30.5 cm³/mol. The third kappa shape index (κ3) is 3.68. The molecule has 0 aromatic heterocycles. The Morgan fingerprint density at radius 3 is 2.50 bits per heavy atom. The molecule has 5 heteroatoms. The first-order valence-corrected chi connectivity index (χ1v) is 3.22. The molecule has 1 amide bonds. The molecule has 0 fully saturated rings. The average molecular weight is 137 g/mol. The van der Waals surface area contributed by atoms with Crippen molar-refractivity contribution in [2.24, 2.45) is 5.73 Å². The second-order valence-corrected chi connectivity index (χ2v) is 2.49. The molecule has 0 aliphatic heterocycles. The second-order valence-electron chi connectivity index (χ2n) is 1.28. The van der Waals surface area contributed by atoms with Crippen molar-refractivity contribution in [1.29, 1.82) is 0 Å². The first-order valence-electron chi connectivity index (χ1n) is 2.08.